The van der Waals surface area contributed by atoms with E-state index in [0.717, 1.165) is 38.7 Å². The first-order valence-corrected chi connectivity index (χ1v) is 10.7. The van der Waals surface area contributed by atoms with Gasteiger partial charge in [-0.2, -0.15) is 5.10 Å². The van der Waals surface area contributed by atoms with Crippen molar-refractivity contribution in [3.63, 3.8) is 0 Å². The lowest BCUT2D eigenvalue weighted by Crippen LogP contribution is -2.36. The fourth-order valence-corrected chi connectivity index (χ4v) is 3.24. The van der Waals surface area contributed by atoms with Crippen LogP contribution in [0.3, 0.4) is 0 Å². The molecule has 3 rings (SSSR count). The first-order chi connectivity index (χ1) is 14.5. The molecule has 0 radical (unpaired) electrons. The summed E-state index contributed by atoms with van der Waals surface area (Å²) < 4.78 is 19.0. The number of rotatable bonds is 8. The molecule has 31 heavy (non-hydrogen) atoms. The summed E-state index contributed by atoms with van der Waals surface area (Å²) in [4.78, 5) is 3.96. The number of hydrogen-bond donors (Lipinski definition) is 4. The number of fused-ring (bicyclic) bond motifs is 1. The Kier molecular flexibility index (Phi) is 9.16. The average Bonchev–Trinajstić information content (AvgIpc) is 3.12. The zero-order valence-corrected chi connectivity index (χ0v) is 18.8. The molecule has 176 valence electrons. The highest BCUT2D eigenvalue weighted by Crippen LogP contribution is 2.28. The van der Waals surface area contributed by atoms with Crippen molar-refractivity contribution in [3.8, 4) is 0 Å². The molecule has 1 aliphatic rings. The summed E-state index contributed by atoms with van der Waals surface area (Å²) in [7, 11) is 0. The van der Waals surface area contributed by atoms with Crippen molar-refractivity contribution in [2.75, 3.05) is 18.9 Å². The zero-order chi connectivity index (χ0) is 23.1. The van der Waals surface area contributed by atoms with Crippen molar-refractivity contribution in [2.45, 2.75) is 83.8 Å². The molecular weight excluding hydrogens is 404 g/mol. The van der Waals surface area contributed by atoms with Crippen LogP contribution < -0.4 is 5.73 Å². The largest absolute Gasteiger partial charge is 0.382 e. The molecule has 10 nitrogen and oxygen atoms in total. The lowest BCUT2D eigenvalue weighted by atomic mass is 10.1. The number of nitrogen functional groups attached to an aromatic ring is 1. The second kappa shape index (κ2) is 11.2. The van der Waals surface area contributed by atoms with E-state index in [-0.39, 0.29) is 12.4 Å². The Balaban J connectivity index is 0.000000614. The Morgan fingerprint density at radius 2 is 1.97 bits per heavy atom. The van der Waals surface area contributed by atoms with Crippen LogP contribution in [0.2, 0.25) is 0 Å². The van der Waals surface area contributed by atoms with Crippen LogP contribution in [0.1, 0.15) is 65.5 Å². The molecule has 3 atom stereocenters. The minimum atomic E-state index is -1.54. The molecule has 2 aromatic rings. The van der Waals surface area contributed by atoms with Gasteiger partial charge in [0.25, 0.3) is 0 Å². The average molecular weight is 441 g/mol. The molecule has 3 heterocycles. The number of ether oxygens (including phenoxy) is 3. The van der Waals surface area contributed by atoms with Crippen molar-refractivity contribution >= 4 is 11.3 Å². The maximum atomic E-state index is 11.0. The summed E-state index contributed by atoms with van der Waals surface area (Å²) >= 11 is 0. The van der Waals surface area contributed by atoms with E-state index in [1.807, 2.05) is 0 Å². The fourth-order valence-electron chi connectivity index (χ4n) is 3.24. The van der Waals surface area contributed by atoms with Crippen LogP contribution in [-0.2, 0) is 20.0 Å². The lowest BCUT2D eigenvalue weighted by molar-refractivity contribution is -0.255. The molecular formula is C21H36N4O6. The number of aromatic nitrogens is 3. The van der Waals surface area contributed by atoms with E-state index in [2.05, 4.69) is 17.0 Å². The van der Waals surface area contributed by atoms with Gasteiger partial charge in [-0.05, 0) is 58.6 Å². The Hall–Kier alpha value is -1.82. The maximum Gasteiger partial charge on any atom is 0.207 e. The Morgan fingerprint density at radius 1 is 1.26 bits per heavy atom. The van der Waals surface area contributed by atoms with E-state index in [4.69, 9.17) is 30.2 Å². The van der Waals surface area contributed by atoms with Crippen molar-refractivity contribution in [1.82, 2.24) is 14.6 Å². The minimum Gasteiger partial charge on any atom is -0.382 e. The molecule has 10 heteroatoms. The van der Waals surface area contributed by atoms with E-state index in [0.29, 0.717) is 23.6 Å². The van der Waals surface area contributed by atoms with Gasteiger partial charge in [0.15, 0.2) is 17.9 Å². The Labute approximate surface area is 182 Å². The molecule has 0 saturated carbocycles. The van der Waals surface area contributed by atoms with Crippen molar-refractivity contribution in [1.29, 1.82) is 0 Å². The molecule has 0 spiro atoms. The highest BCUT2D eigenvalue weighted by atomic mass is 16.7. The quantitative estimate of drug-likeness (QED) is 0.452. The summed E-state index contributed by atoms with van der Waals surface area (Å²) in [6, 6.07) is 3.51. The van der Waals surface area contributed by atoms with Gasteiger partial charge in [-0.1, -0.05) is 13.3 Å². The molecule has 5 N–H and O–H groups in total. The van der Waals surface area contributed by atoms with E-state index in [1.165, 1.54) is 20.2 Å². The van der Waals surface area contributed by atoms with Gasteiger partial charge in [0.1, 0.15) is 17.5 Å². The van der Waals surface area contributed by atoms with Crippen LogP contribution >= 0.6 is 0 Å². The minimum absolute atomic E-state index is 0.182. The normalized spacial score (nSPS) is 20.0. The Morgan fingerprint density at radius 3 is 2.58 bits per heavy atom. The molecule has 0 aliphatic carbocycles. The van der Waals surface area contributed by atoms with Gasteiger partial charge in [-0.25, -0.2) is 9.50 Å². The third kappa shape index (κ3) is 8.32. The van der Waals surface area contributed by atoms with Gasteiger partial charge in [0.2, 0.25) is 5.79 Å². The summed E-state index contributed by atoms with van der Waals surface area (Å²) in [5.41, 5.74) is 6.99. The van der Waals surface area contributed by atoms with Gasteiger partial charge in [-0.3, -0.25) is 0 Å². The van der Waals surface area contributed by atoms with E-state index < -0.39 is 11.6 Å². The number of aliphatic hydroxyl groups is 3. The van der Waals surface area contributed by atoms with E-state index in [9.17, 15) is 5.11 Å². The van der Waals surface area contributed by atoms with Crippen LogP contribution in [0, 0.1) is 0 Å². The van der Waals surface area contributed by atoms with Gasteiger partial charge < -0.3 is 35.3 Å². The standard InChI is InChI=1S/C18H28N4O4.C3H8O2/c1-3-6-13(11-25-16-7-4-5-10-24-16)26-18(2,23)15-9-8-14-17(19)20-12-21-22(14)15;1-3(2,4)5/h8-9,12-13,16,23H,3-7,10-11H2,1-2H3,(H2,19,20,21);4-5H,1-2H3. The lowest BCUT2D eigenvalue weighted by Gasteiger charge is -2.31. The molecule has 0 bridgehead atoms. The molecule has 1 saturated heterocycles. The van der Waals surface area contributed by atoms with Crippen LogP contribution in [-0.4, -0.2) is 61.3 Å². The third-order valence-corrected chi connectivity index (χ3v) is 4.57. The Bertz CT molecular complexity index is 793. The van der Waals surface area contributed by atoms with E-state index in [1.54, 1.807) is 23.6 Å². The first-order valence-electron chi connectivity index (χ1n) is 10.7. The van der Waals surface area contributed by atoms with Crippen molar-refractivity contribution in [3.05, 3.63) is 24.2 Å². The highest BCUT2D eigenvalue weighted by Gasteiger charge is 2.32. The molecule has 0 aromatic carbocycles. The van der Waals surface area contributed by atoms with Crippen LogP contribution in [0.4, 0.5) is 5.82 Å². The SMILES string of the molecule is CC(C)(O)O.CCCC(COC1CCCCO1)OC(C)(O)c1ccc2c(N)ncnn12. The second-order valence-corrected chi connectivity index (χ2v) is 8.30. The summed E-state index contributed by atoms with van der Waals surface area (Å²) in [6.45, 7) is 7.38. The summed E-state index contributed by atoms with van der Waals surface area (Å²) in [5.74, 6) is -2.69. The zero-order valence-electron chi connectivity index (χ0n) is 18.8. The highest BCUT2D eigenvalue weighted by molar-refractivity contribution is 5.65. The molecule has 2 aromatic heterocycles. The summed E-state index contributed by atoms with van der Waals surface area (Å²) in [6.07, 6.45) is 5.69. The maximum absolute atomic E-state index is 11.0. The predicted octanol–water partition coefficient (Wildman–Crippen LogP) is 1.91. The number of nitrogens with zero attached hydrogens (tertiary/aromatic N) is 3. The second-order valence-electron chi connectivity index (χ2n) is 8.30. The topological polar surface area (TPSA) is 145 Å². The van der Waals surface area contributed by atoms with Gasteiger partial charge >= 0.3 is 0 Å². The third-order valence-electron chi connectivity index (χ3n) is 4.57. The first kappa shape index (κ1) is 25.4. The van der Waals surface area contributed by atoms with E-state index >= 15 is 0 Å². The van der Waals surface area contributed by atoms with Crippen LogP contribution in [0.15, 0.2) is 18.5 Å². The van der Waals surface area contributed by atoms with Gasteiger partial charge in [0.05, 0.1) is 12.7 Å². The number of nitrogens with two attached hydrogens (primary N) is 1. The number of hydrogen-bond acceptors (Lipinski definition) is 9. The smallest absolute Gasteiger partial charge is 0.207 e. The summed E-state index contributed by atoms with van der Waals surface area (Å²) in [5, 5.41) is 31.3. The van der Waals surface area contributed by atoms with Gasteiger partial charge in [-0.15, -0.1) is 0 Å². The number of anilines is 1. The van der Waals surface area contributed by atoms with Crippen LogP contribution in [0.25, 0.3) is 5.52 Å². The molecule has 0 amide bonds. The van der Waals surface area contributed by atoms with Crippen LogP contribution in [0.5, 0.6) is 0 Å². The molecule has 1 fully saturated rings. The van der Waals surface area contributed by atoms with Gasteiger partial charge in [0, 0.05) is 6.61 Å². The monoisotopic (exact) mass is 440 g/mol. The van der Waals surface area contributed by atoms with Crippen molar-refractivity contribution in [2.24, 2.45) is 0 Å². The fraction of sp³-hybridized carbons (Fsp3) is 0.714. The van der Waals surface area contributed by atoms with Crippen molar-refractivity contribution < 1.29 is 29.5 Å². The molecule has 1 aliphatic heterocycles. The molecule has 3 unspecified atom stereocenters. The predicted molar refractivity (Wildman–Crippen MR) is 115 cm³/mol.